The van der Waals surface area contributed by atoms with Crippen molar-refractivity contribution in [3.8, 4) is 0 Å². The van der Waals surface area contributed by atoms with Gasteiger partial charge in [0.25, 0.3) is 5.91 Å². The van der Waals surface area contributed by atoms with Crippen LogP contribution in [0.4, 0.5) is 14.5 Å². The number of nitrogens with one attached hydrogen (secondary N) is 1. The van der Waals surface area contributed by atoms with E-state index in [1.54, 1.807) is 6.92 Å². The van der Waals surface area contributed by atoms with E-state index in [0.29, 0.717) is 11.4 Å². The normalized spacial score (nSPS) is 12.0. The molecule has 21 heavy (non-hydrogen) atoms. The molecule has 0 saturated heterocycles. The second kappa shape index (κ2) is 5.87. The van der Waals surface area contributed by atoms with Crippen LogP contribution in [0.2, 0.25) is 0 Å². The van der Waals surface area contributed by atoms with Crippen LogP contribution < -0.4 is 11.1 Å². The van der Waals surface area contributed by atoms with Gasteiger partial charge in [-0.25, -0.2) is 8.78 Å². The molecule has 3 N–H and O–H groups in total. The van der Waals surface area contributed by atoms with Crippen molar-refractivity contribution in [2.75, 3.05) is 5.73 Å². The minimum Gasteiger partial charge on any atom is -0.397 e. The highest BCUT2D eigenvalue weighted by Crippen LogP contribution is 2.21. The third-order valence-electron chi connectivity index (χ3n) is 3.13. The van der Waals surface area contributed by atoms with E-state index in [1.807, 2.05) is 0 Å². The monoisotopic (exact) mass is 291 g/mol. The lowest BCUT2D eigenvalue weighted by atomic mass is 10.1. The molecular formula is C15H15F2N3O. The van der Waals surface area contributed by atoms with Gasteiger partial charge in [0.2, 0.25) is 0 Å². The third-order valence-corrected chi connectivity index (χ3v) is 3.13. The van der Waals surface area contributed by atoms with Gasteiger partial charge in [0, 0.05) is 5.56 Å². The van der Waals surface area contributed by atoms with Gasteiger partial charge < -0.3 is 11.1 Å². The first-order valence-electron chi connectivity index (χ1n) is 6.37. The lowest BCUT2D eigenvalue weighted by Gasteiger charge is -2.16. The molecule has 110 valence electrons. The zero-order chi connectivity index (χ0) is 15.6. The van der Waals surface area contributed by atoms with E-state index in [4.69, 9.17) is 5.73 Å². The average molecular weight is 291 g/mol. The third kappa shape index (κ3) is 3.16. The number of halogens is 2. The van der Waals surface area contributed by atoms with Gasteiger partial charge in [0.15, 0.2) is 0 Å². The molecular weight excluding hydrogens is 276 g/mol. The maximum atomic E-state index is 13.7. The summed E-state index contributed by atoms with van der Waals surface area (Å²) in [6.45, 7) is 3.16. The Balaban J connectivity index is 2.25. The molecule has 1 heterocycles. The number of benzene rings is 1. The second-order valence-electron chi connectivity index (χ2n) is 4.73. The van der Waals surface area contributed by atoms with Crippen LogP contribution in [-0.4, -0.2) is 10.9 Å². The Morgan fingerprint density at radius 3 is 2.57 bits per heavy atom. The summed E-state index contributed by atoms with van der Waals surface area (Å²) in [6.07, 6.45) is 1.44. The van der Waals surface area contributed by atoms with Crippen molar-refractivity contribution < 1.29 is 13.6 Å². The maximum Gasteiger partial charge on any atom is 0.253 e. The van der Waals surface area contributed by atoms with E-state index in [1.165, 1.54) is 25.3 Å². The van der Waals surface area contributed by atoms with E-state index >= 15 is 0 Å². The standard InChI is InChI=1S/C15H15F2N3O/c1-8-11(6-10(18)7-19-8)15(21)20-9(2)14-12(16)4-3-5-13(14)17/h3-7,9H,18H2,1-2H3,(H,20,21). The fraction of sp³-hybridized carbons (Fsp3) is 0.200. The highest BCUT2D eigenvalue weighted by atomic mass is 19.1. The van der Waals surface area contributed by atoms with Crippen molar-refractivity contribution in [1.29, 1.82) is 0 Å². The highest BCUT2D eigenvalue weighted by molar-refractivity contribution is 5.96. The molecule has 1 unspecified atom stereocenters. The van der Waals surface area contributed by atoms with Crippen LogP contribution in [0.25, 0.3) is 0 Å². The fourth-order valence-electron chi connectivity index (χ4n) is 2.05. The number of anilines is 1. The van der Waals surface area contributed by atoms with E-state index in [2.05, 4.69) is 10.3 Å². The second-order valence-corrected chi connectivity index (χ2v) is 4.73. The molecule has 1 aromatic carbocycles. The average Bonchev–Trinajstić information content (AvgIpc) is 2.41. The molecule has 0 fully saturated rings. The first kappa shape index (κ1) is 14.9. The number of pyridine rings is 1. The summed E-state index contributed by atoms with van der Waals surface area (Å²) in [5.41, 5.74) is 6.52. The Labute approximate surface area is 121 Å². The highest BCUT2D eigenvalue weighted by Gasteiger charge is 2.19. The van der Waals surface area contributed by atoms with E-state index in [9.17, 15) is 13.6 Å². The number of aryl methyl sites for hydroxylation is 1. The van der Waals surface area contributed by atoms with Crippen molar-refractivity contribution >= 4 is 11.6 Å². The van der Waals surface area contributed by atoms with Gasteiger partial charge in [-0.05, 0) is 32.0 Å². The molecule has 0 aliphatic heterocycles. The Morgan fingerprint density at radius 2 is 1.95 bits per heavy atom. The smallest absolute Gasteiger partial charge is 0.253 e. The number of carbonyl (C=O) groups is 1. The minimum atomic E-state index is -0.820. The van der Waals surface area contributed by atoms with E-state index in [-0.39, 0.29) is 11.1 Å². The van der Waals surface area contributed by atoms with Gasteiger partial charge >= 0.3 is 0 Å². The van der Waals surface area contributed by atoms with Crippen LogP contribution in [0.15, 0.2) is 30.5 Å². The number of nitrogens with zero attached hydrogens (tertiary/aromatic N) is 1. The Morgan fingerprint density at radius 1 is 1.33 bits per heavy atom. The summed E-state index contributed by atoms with van der Waals surface area (Å²) in [5, 5.41) is 2.55. The van der Waals surface area contributed by atoms with Gasteiger partial charge in [0.1, 0.15) is 11.6 Å². The van der Waals surface area contributed by atoms with Gasteiger partial charge in [-0.2, -0.15) is 0 Å². The molecule has 1 atom stereocenters. The van der Waals surface area contributed by atoms with Crippen LogP contribution in [0, 0.1) is 18.6 Å². The summed E-state index contributed by atoms with van der Waals surface area (Å²) in [7, 11) is 0. The van der Waals surface area contributed by atoms with Crippen LogP contribution in [0.3, 0.4) is 0 Å². The fourth-order valence-corrected chi connectivity index (χ4v) is 2.05. The zero-order valence-corrected chi connectivity index (χ0v) is 11.7. The Kier molecular flexibility index (Phi) is 4.16. The molecule has 0 saturated carbocycles. The Bertz CT molecular complexity index is 668. The molecule has 2 rings (SSSR count). The van der Waals surface area contributed by atoms with E-state index < -0.39 is 23.6 Å². The quantitative estimate of drug-likeness (QED) is 0.913. The van der Waals surface area contributed by atoms with Crippen molar-refractivity contribution in [3.05, 3.63) is 58.9 Å². The molecule has 0 bridgehead atoms. The predicted molar refractivity (Wildman–Crippen MR) is 75.6 cm³/mol. The lowest BCUT2D eigenvalue weighted by Crippen LogP contribution is -2.28. The molecule has 0 aliphatic rings. The minimum absolute atomic E-state index is 0.180. The molecule has 4 nitrogen and oxygen atoms in total. The van der Waals surface area contributed by atoms with E-state index in [0.717, 1.165) is 12.1 Å². The van der Waals surface area contributed by atoms with Gasteiger partial charge in [-0.15, -0.1) is 0 Å². The number of amides is 1. The van der Waals surface area contributed by atoms with Gasteiger partial charge in [-0.1, -0.05) is 6.07 Å². The molecule has 1 aromatic heterocycles. The number of nitrogens with two attached hydrogens (primary N) is 1. The molecule has 0 spiro atoms. The number of hydrogen-bond acceptors (Lipinski definition) is 3. The van der Waals surface area contributed by atoms with Crippen LogP contribution in [-0.2, 0) is 0 Å². The van der Waals surface area contributed by atoms with Gasteiger partial charge in [-0.3, -0.25) is 9.78 Å². The topological polar surface area (TPSA) is 68.0 Å². The maximum absolute atomic E-state index is 13.7. The molecule has 0 aliphatic carbocycles. The summed E-state index contributed by atoms with van der Waals surface area (Å²) >= 11 is 0. The van der Waals surface area contributed by atoms with Crippen LogP contribution in [0.5, 0.6) is 0 Å². The summed E-state index contributed by atoms with van der Waals surface area (Å²) in [4.78, 5) is 16.2. The predicted octanol–water partition coefficient (Wildman–Crippen LogP) is 2.74. The zero-order valence-electron chi connectivity index (χ0n) is 11.7. The molecule has 6 heteroatoms. The lowest BCUT2D eigenvalue weighted by molar-refractivity contribution is 0.0938. The van der Waals surface area contributed by atoms with Crippen molar-refractivity contribution in [2.45, 2.75) is 19.9 Å². The number of rotatable bonds is 3. The van der Waals surface area contributed by atoms with Crippen LogP contribution in [0.1, 0.15) is 34.6 Å². The SMILES string of the molecule is Cc1ncc(N)cc1C(=O)NC(C)c1c(F)cccc1F. The van der Waals surface area contributed by atoms with Crippen molar-refractivity contribution in [3.63, 3.8) is 0 Å². The summed E-state index contributed by atoms with van der Waals surface area (Å²) in [6, 6.07) is 4.22. The van der Waals surface area contributed by atoms with Crippen LogP contribution >= 0.6 is 0 Å². The largest absolute Gasteiger partial charge is 0.397 e. The number of nitrogen functional groups attached to an aromatic ring is 1. The van der Waals surface area contributed by atoms with Gasteiger partial charge in [0.05, 0.1) is 29.2 Å². The van der Waals surface area contributed by atoms with Crippen molar-refractivity contribution in [2.24, 2.45) is 0 Å². The Hall–Kier alpha value is -2.50. The summed E-state index contributed by atoms with van der Waals surface area (Å²) < 4.78 is 27.3. The first-order valence-corrected chi connectivity index (χ1v) is 6.37. The first-order chi connectivity index (χ1) is 9.90. The molecule has 0 radical (unpaired) electrons. The molecule has 1 amide bonds. The summed E-state index contributed by atoms with van der Waals surface area (Å²) in [5.74, 6) is -1.89. The molecule has 2 aromatic rings. The number of hydrogen-bond donors (Lipinski definition) is 2. The van der Waals surface area contributed by atoms with Crippen molar-refractivity contribution in [1.82, 2.24) is 10.3 Å². The number of carbonyl (C=O) groups excluding carboxylic acids is 1. The number of aromatic nitrogens is 1.